The van der Waals surface area contributed by atoms with Gasteiger partial charge in [-0.2, -0.15) is 9.61 Å². The minimum Gasteiger partial charge on any atom is -0.391 e. The maximum atomic E-state index is 13.6. The van der Waals surface area contributed by atoms with Gasteiger partial charge < -0.3 is 21.1 Å². The molecule has 4 aromatic rings. The molecule has 3 aromatic heterocycles. The van der Waals surface area contributed by atoms with Crippen molar-refractivity contribution >= 4 is 38.8 Å². The summed E-state index contributed by atoms with van der Waals surface area (Å²) in [6.45, 7) is 8.46. The Balaban J connectivity index is 1.44. The van der Waals surface area contributed by atoms with Crippen LogP contribution >= 0.6 is 11.3 Å². The lowest BCUT2D eigenvalue weighted by molar-refractivity contribution is 0.0883. The minimum atomic E-state index is -0.368. The Bertz CT molecular complexity index is 1300. The summed E-state index contributed by atoms with van der Waals surface area (Å²) in [4.78, 5) is 9.48. The van der Waals surface area contributed by atoms with Crippen LogP contribution in [-0.4, -0.2) is 50.4 Å². The number of aromatic nitrogens is 4. The Hall–Kier alpha value is -2.82. The summed E-state index contributed by atoms with van der Waals surface area (Å²) >= 11 is 1.55. The Morgan fingerprint density at radius 1 is 1.26 bits per heavy atom. The molecule has 180 valence electrons. The molecule has 1 aliphatic heterocycles. The molecule has 34 heavy (non-hydrogen) atoms. The lowest BCUT2D eigenvalue weighted by Gasteiger charge is -2.28. The third-order valence-corrected chi connectivity index (χ3v) is 7.58. The van der Waals surface area contributed by atoms with Crippen LogP contribution in [0.5, 0.6) is 0 Å². The third-order valence-electron chi connectivity index (χ3n) is 6.36. The molecule has 4 N–H and O–H groups in total. The van der Waals surface area contributed by atoms with Gasteiger partial charge in [-0.25, -0.2) is 14.4 Å². The molecule has 3 atom stereocenters. The summed E-state index contributed by atoms with van der Waals surface area (Å²) in [5.41, 5.74) is 2.53. The van der Waals surface area contributed by atoms with Crippen molar-refractivity contribution in [2.24, 2.45) is 5.92 Å². The first-order valence-corrected chi connectivity index (χ1v) is 12.5. The highest BCUT2D eigenvalue weighted by Gasteiger charge is 2.23. The second-order valence-electron chi connectivity index (χ2n) is 9.25. The average Bonchev–Trinajstić information content (AvgIpc) is 3.43. The maximum Gasteiger partial charge on any atom is 0.163 e. The zero-order valence-electron chi connectivity index (χ0n) is 19.5. The lowest BCUT2D eigenvalue weighted by atomic mass is 9.95. The Kier molecular flexibility index (Phi) is 6.37. The number of hydrogen-bond acceptors (Lipinski definition) is 8. The van der Waals surface area contributed by atoms with Crippen LogP contribution in [0, 0.1) is 11.7 Å². The molecule has 8 nitrogen and oxygen atoms in total. The topological polar surface area (TPSA) is 99.4 Å². The number of thiazole rings is 1. The van der Waals surface area contributed by atoms with E-state index in [0.717, 1.165) is 45.5 Å². The smallest absolute Gasteiger partial charge is 0.163 e. The fourth-order valence-electron chi connectivity index (χ4n) is 4.34. The number of nitrogens with zero attached hydrogens (tertiary/aromatic N) is 4. The quantitative estimate of drug-likeness (QED) is 0.313. The molecule has 0 bridgehead atoms. The van der Waals surface area contributed by atoms with Crippen molar-refractivity contribution in [3.8, 4) is 0 Å². The fraction of sp³-hybridized carbons (Fsp3) is 0.458. The molecule has 1 aromatic carbocycles. The zero-order chi connectivity index (χ0) is 23.8. The summed E-state index contributed by atoms with van der Waals surface area (Å²) in [5.74, 6) is 1.70. The van der Waals surface area contributed by atoms with Gasteiger partial charge in [-0.05, 0) is 37.9 Å². The Morgan fingerprint density at radius 2 is 2.12 bits per heavy atom. The van der Waals surface area contributed by atoms with Gasteiger partial charge in [0.25, 0.3) is 0 Å². The molecular weight excluding hydrogens is 453 g/mol. The van der Waals surface area contributed by atoms with Crippen molar-refractivity contribution < 1.29 is 9.50 Å². The molecule has 0 saturated carbocycles. The normalized spacial score (nSPS) is 19.7. The van der Waals surface area contributed by atoms with Crippen molar-refractivity contribution in [2.75, 3.05) is 30.3 Å². The molecule has 0 spiro atoms. The summed E-state index contributed by atoms with van der Waals surface area (Å²) in [6, 6.07) is 6.52. The van der Waals surface area contributed by atoms with Gasteiger partial charge in [-0.3, -0.25) is 0 Å². The standard InChI is InChI=1S/C24H30FN7OS/c1-13(2)17-11-28-32-22(29-14(3)24-30-18-8-16(25)4-5-20(18)34-24)9-21(31-23(17)32)27-10-15-6-7-26-12-19(15)33/h4-5,8-9,11,13-15,19,26,29,33H,6-7,10,12H2,1-3H3,(H,27,31)/t14-,15+,19-/m0/s1. The van der Waals surface area contributed by atoms with Gasteiger partial charge in [0.1, 0.15) is 22.5 Å². The van der Waals surface area contributed by atoms with Crippen LogP contribution in [0.1, 0.15) is 49.7 Å². The number of aliphatic hydroxyl groups excluding tert-OH is 1. The predicted molar refractivity (Wildman–Crippen MR) is 134 cm³/mol. The average molecular weight is 484 g/mol. The second-order valence-corrected chi connectivity index (χ2v) is 10.3. The van der Waals surface area contributed by atoms with Crippen LogP contribution in [0.25, 0.3) is 15.9 Å². The van der Waals surface area contributed by atoms with Crippen LogP contribution in [0.4, 0.5) is 16.0 Å². The first kappa shape index (κ1) is 22.9. The molecule has 0 aliphatic carbocycles. The van der Waals surface area contributed by atoms with Gasteiger partial charge in [0, 0.05) is 36.7 Å². The molecule has 4 heterocycles. The van der Waals surface area contributed by atoms with E-state index in [9.17, 15) is 9.50 Å². The Morgan fingerprint density at radius 3 is 2.91 bits per heavy atom. The highest BCUT2D eigenvalue weighted by molar-refractivity contribution is 7.18. The maximum absolute atomic E-state index is 13.6. The van der Waals surface area contributed by atoms with Crippen LogP contribution < -0.4 is 16.0 Å². The first-order valence-electron chi connectivity index (χ1n) is 11.7. The van der Waals surface area contributed by atoms with Crippen molar-refractivity contribution in [1.82, 2.24) is 24.9 Å². The third kappa shape index (κ3) is 4.57. The number of aliphatic hydroxyl groups is 1. The second kappa shape index (κ2) is 9.44. The van der Waals surface area contributed by atoms with E-state index in [1.54, 1.807) is 17.4 Å². The fourth-order valence-corrected chi connectivity index (χ4v) is 5.29. The van der Waals surface area contributed by atoms with Gasteiger partial charge in [-0.15, -0.1) is 11.3 Å². The number of β-amino-alcohol motifs (C(OH)–C–C–N with tert-alkyl or cyclic N) is 1. The minimum absolute atomic E-state index is 0.114. The summed E-state index contributed by atoms with van der Waals surface area (Å²) in [7, 11) is 0. The number of hydrogen-bond donors (Lipinski definition) is 4. The predicted octanol–water partition coefficient (Wildman–Crippen LogP) is 4.16. The van der Waals surface area contributed by atoms with Crippen LogP contribution in [-0.2, 0) is 0 Å². The number of nitrogens with one attached hydrogen (secondary N) is 3. The van der Waals surface area contributed by atoms with Gasteiger partial charge in [0.05, 0.1) is 28.6 Å². The molecule has 0 radical (unpaired) electrons. The van der Waals surface area contributed by atoms with Gasteiger partial charge in [-0.1, -0.05) is 13.8 Å². The van der Waals surface area contributed by atoms with Crippen molar-refractivity contribution in [2.45, 2.75) is 45.3 Å². The summed E-state index contributed by atoms with van der Waals surface area (Å²) in [6.07, 6.45) is 2.41. The van der Waals surface area contributed by atoms with E-state index in [-0.39, 0.29) is 29.8 Å². The van der Waals surface area contributed by atoms with E-state index < -0.39 is 0 Å². The van der Waals surface area contributed by atoms with Crippen molar-refractivity contribution in [3.05, 3.63) is 46.9 Å². The number of piperidine rings is 1. The largest absolute Gasteiger partial charge is 0.391 e. The van der Waals surface area contributed by atoms with Gasteiger partial charge in [0.15, 0.2) is 5.65 Å². The van der Waals surface area contributed by atoms with E-state index in [0.29, 0.717) is 18.6 Å². The molecule has 5 rings (SSSR count). The molecule has 0 amide bonds. The van der Waals surface area contributed by atoms with E-state index in [1.807, 2.05) is 23.7 Å². The van der Waals surface area contributed by atoms with Crippen LogP contribution in [0.15, 0.2) is 30.5 Å². The molecule has 1 aliphatic rings. The van der Waals surface area contributed by atoms with E-state index in [4.69, 9.17) is 4.98 Å². The van der Waals surface area contributed by atoms with E-state index >= 15 is 0 Å². The van der Waals surface area contributed by atoms with Crippen molar-refractivity contribution in [1.29, 1.82) is 0 Å². The van der Waals surface area contributed by atoms with E-state index in [2.05, 4.69) is 39.9 Å². The molecular formula is C24H30FN7OS. The number of benzene rings is 1. The van der Waals surface area contributed by atoms with Crippen LogP contribution in [0.2, 0.25) is 0 Å². The van der Waals surface area contributed by atoms with Gasteiger partial charge in [0.2, 0.25) is 0 Å². The number of rotatable bonds is 7. The number of fused-ring (bicyclic) bond motifs is 2. The number of anilines is 2. The van der Waals surface area contributed by atoms with E-state index in [1.165, 1.54) is 12.1 Å². The first-order chi connectivity index (χ1) is 16.4. The molecule has 0 unspecified atom stereocenters. The lowest BCUT2D eigenvalue weighted by Crippen LogP contribution is -2.43. The summed E-state index contributed by atoms with van der Waals surface area (Å²) in [5, 5.41) is 26.0. The Labute approximate surface area is 201 Å². The molecule has 1 fully saturated rings. The van der Waals surface area contributed by atoms with Gasteiger partial charge >= 0.3 is 0 Å². The monoisotopic (exact) mass is 483 g/mol. The molecule has 10 heteroatoms. The molecule has 1 saturated heterocycles. The highest BCUT2D eigenvalue weighted by atomic mass is 32.1. The zero-order valence-corrected chi connectivity index (χ0v) is 20.4. The van der Waals surface area contributed by atoms with Crippen LogP contribution in [0.3, 0.4) is 0 Å². The summed E-state index contributed by atoms with van der Waals surface area (Å²) < 4.78 is 16.4. The highest BCUT2D eigenvalue weighted by Crippen LogP contribution is 2.31. The number of halogens is 1. The SMILES string of the molecule is CC(C)c1cnn2c(N[C@@H](C)c3nc4cc(F)ccc4s3)cc(NC[C@H]3CCNC[C@@H]3O)nc12. The van der Waals surface area contributed by atoms with Crippen molar-refractivity contribution in [3.63, 3.8) is 0 Å².